The van der Waals surface area contributed by atoms with Crippen LogP contribution in [0.25, 0.3) is 10.9 Å². The molecule has 1 atom stereocenters. The summed E-state index contributed by atoms with van der Waals surface area (Å²) in [7, 11) is 0. The Morgan fingerprint density at radius 2 is 1.96 bits per heavy atom. The molecule has 0 unspecified atom stereocenters. The van der Waals surface area contributed by atoms with Gasteiger partial charge in [-0.15, -0.1) is 0 Å². The molecular formula is C20H26N4O3. The second kappa shape index (κ2) is 8.19. The van der Waals surface area contributed by atoms with E-state index in [4.69, 9.17) is 4.74 Å². The molecule has 1 aromatic heterocycles. The van der Waals surface area contributed by atoms with Crippen molar-refractivity contribution in [3.05, 3.63) is 40.9 Å². The lowest BCUT2D eigenvalue weighted by Crippen LogP contribution is -2.43. The van der Waals surface area contributed by atoms with Crippen molar-refractivity contribution in [3.8, 4) is 0 Å². The molecule has 144 valence electrons. The van der Waals surface area contributed by atoms with Crippen LogP contribution in [-0.4, -0.2) is 70.7 Å². The van der Waals surface area contributed by atoms with E-state index in [1.54, 1.807) is 12.1 Å². The third-order valence-electron chi connectivity index (χ3n) is 5.40. The number of aromatic nitrogens is 2. The first-order chi connectivity index (χ1) is 13.2. The van der Waals surface area contributed by atoms with Crippen LogP contribution in [0.4, 0.5) is 0 Å². The van der Waals surface area contributed by atoms with Gasteiger partial charge in [-0.3, -0.25) is 14.2 Å². The number of para-hydroxylation sites is 1. The van der Waals surface area contributed by atoms with E-state index in [1.807, 2.05) is 17.0 Å². The molecule has 1 aromatic carbocycles. The number of ether oxygens (including phenoxy) is 1. The maximum absolute atomic E-state index is 12.9. The zero-order valence-electron chi connectivity index (χ0n) is 15.5. The van der Waals surface area contributed by atoms with Crippen LogP contribution in [0.3, 0.4) is 0 Å². The van der Waals surface area contributed by atoms with E-state index < -0.39 is 0 Å². The molecule has 2 fully saturated rings. The molecule has 3 heterocycles. The van der Waals surface area contributed by atoms with Gasteiger partial charge in [0.05, 0.1) is 23.3 Å². The molecule has 2 aliphatic rings. The topological polar surface area (TPSA) is 67.7 Å². The van der Waals surface area contributed by atoms with Crippen LogP contribution in [0.1, 0.15) is 19.3 Å². The van der Waals surface area contributed by atoms with E-state index in [1.165, 1.54) is 23.7 Å². The molecule has 0 spiro atoms. The minimum atomic E-state index is -0.173. The van der Waals surface area contributed by atoms with Crippen molar-refractivity contribution in [1.29, 1.82) is 0 Å². The number of rotatable bonds is 4. The standard InChI is InChI=1S/C20H26N4O3/c25-19(14-24-15-21-18-7-2-1-6-17(18)20(24)26)23-10-5-11-27-16(13-23)12-22-8-3-4-9-22/h1-2,6-7,15-16H,3-5,8-14H2/t16-/m1/s1. The molecule has 7 nitrogen and oxygen atoms in total. The SMILES string of the molecule is O=C(Cn1cnc2ccccc2c1=O)N1CCCO[C@H](CN2CCCC2)C1. The molecule has 0 bridgehead atoms. The van der Waals surface area contributed by atoms with E-state index in [9.17, 15) is 9.59 Å². The Labute approximate surface area is 158 Å². The zero-order chi connectivity index (χ0) is 18.6. The first kappa shape index (κ1) is 18.1. The molecule has 2 aliphatic heterocycles. The van der Waals surface area contributed by atoms with Gasteiger partial charge in [0.1, 0.15) is 6.54 Å². The van der Waals surface area contributed by atoms with E-state index in [-0.39, 0.29) is 24.1 Å². The van der Waals surface area contributed by atoms with E-state index in [0.717, 1.165) is 26.1 Å². The fourth-order valence-electron chi connectivity index (χ4n) is 3.95. The lowest BCUT2D eigenvalue weighted by Gasteiger charge is -2.27. The quantitative estimate of drug-likeness (QED) is 0.807. The third-order valence-corrected chi connectivity index (χ3v) is 5.40. The van der Waals surface area contributed by atoms with Gasteiger partial charge in [0.2, 0.25) is 5.91 Å². The van der Waals surface area contributed by atoms with Crippen molar-refractivity contribution >= 4 is 16.8 Å². The Morgan fingerprint density at radius 1 is 1.15 bits per heavy atom. The van der Waals surface area contributed by atoms with Gasteiger partial charge in [0.25, 0.3) is 5.56 Å². The van der Waals surface area contributed by atoms with Crippen molar-refractivity contribution in [3.63, 3.8) is 0 Å². The predicted octanol–water partition coefficient (Wildman–Crippen LogP) is 1.11. The summed E-state index contributed by atoms with van der Waals surface area (Å²) in [6, 6.07) is 7.21. The zero-order valence-corrected chi connectivity index (χ0v) is 15.5. The summed E-state index contributed by atoms with van der Waals surface area (Å²) < 4.78 is 7.37. The van der Waals surface area contributed by atoms with Crippen LogP contribution >= 0.6 is 0 Å². The van der Waals surface area contributed by atoms with E-state index in [2.05, 4.69) is 9.88 Å². The van der Waals surface area contributed by atoms with Crippen molar-refractivity contribution in [2.24, 2.45) is 0 Å². The van der Waals surface area contributed by atoms with Gasteiger partial charge in [-0.1, -0.05) is 12.1 Å². The number of nitrogens with zero attached hydrogens (tertiary/aromatic N) is 4. The van der Waals surface area contributed by atoms with E-state index >= 15 is 0 Å². The molecule has 0 radical (unpaired) electrons. The first-order valence-electron chi connectivity index (χ1n) is 9.76. The minimum Gasteiger partial charge on any atom is -0.375 e. The van der Waals surface area contributed by atoms with Crippen molar-refractivity contribution < 1.29 is 9.53 Å². The highest BCUT2D eigenvalue weighted by Crippen LogP contribution is 2.13. The van der Waals surface area contributed by atoms with Gasteiger partial charge in [-0.05, 0) is 44.5 Å². The average molecular weight is 370 g/mol. The molecule has 0 saturated carbocycles. The lowest BCUT2D eigenvalue weighted by atomic mass is 10.2. The molecule has 2 aromatic rings. The highest BCUT2D eigenvalue weighted by atomic mass is 16.5. The molecule has 4 rings (SSSR count). The molecular weight excluding hydrogens is 344 g/mol. The van der Waals surface area contributed by atoms with Crippen LogP contribution in [0.5, 0.6) is 0 Å². The summed E-state index contributed by atoms with van der Waals surface area (Å²) in [5, 5.41) is 0.541. The Kier molecular flexibility index (Phi) is 5.50. The van der Waals surface area contributed by atoms with Gasteiger partial charge >= 0.3 is 0 Å². The van der Waals surface area contributed by atoms with Gasteiger partial charge in [0, 0.05) is 26.2 Å². The fourth-order valence-corrected chi connectivity index (χ4v) is 3.95. The van der Waals surface area contributed by atoms with Gasteiger partial charge in [-0.25, -0.2) is 4.98 Å². The van der Waals surface area contributed by atoms with Gasteiger partial charge < -0.3 is 14.5 Å². The smallest absolute Gasteiger partial charge is 0.261 e. The highest BCUT2D eigenvalue weighted by Gasteiger charge is 2.25. The Morgan fingerprint density at radius 3 is 2.81 bits per heavy atom. The molecule has 7 heteroatoms. The van der Waals surface area contributed by atoms with Gasteiger partial charge in [0.15, 0.2) is 0 Å². The normalized spacial score (nSPS) is 21.5. The fraction of sp³-hybridized carbons (Fsp3) is 0.550. The molecule has 1 amide bonds. The number of carbonyl (C=O) groups excluding carboxylic acids is 1. The second-order valence-electron chi connectivity index (χ2n) is 7.39. The summed E-state index contributed by atoms with van der Waals surface area (Å²) in [4.78, 5) is 34.0. The summed E-state index contributed by atoms with van der Waals surface area (Å²) in [6.45, 7) is 5.07. The minimum absolute atomic E-state index is 0.0209. The third kappa shape index (κ3) is 4.20. The molecule has 0 N–H and O–H groups in total. The number of hydrogen-bond donors (Lipinski definition) is 0. The number of carbonyl (C=O) groups is 1. The number of benzene rings is 1. The number of fused-ring (bicyclic) bond motifs is 1. The second-order valence-corrected chi connectivity index (χ2v) is 7.39. The van der Waals surface area contributed by atoms with Crippen LogP contribution in [-0.2, 0) is 16.1 Å². The van der Waals surface area contributed by atoms with Gasteiger partial charge in [-0.2, -0.15) is 0 Å². The largest absolute Gasteiger partial charge is 0.375 e. The highest BCUT2D eigenvalue weighted by molar-refractivity contribution is 5.79. The maximum Gasteiger partial charge on any atom is 0.261 e. The average Bonchev–Trinajstić information content (AvgIpc) is 3.08. The monoisotopic (exact) mass is 370 g/mol. The number of likely N-dealkylation sites (tertiary alicyclic amines) is 1. The predicted molar refractivity (Wildman–Crippen MR) is 103 cm³/mol. The summed E-state index contributed by atoms with van der Waals surface area (Å²) in [5.41, 5.74) is 0.480. The molecule has 0 aliphatic carbocycles. The number of amides is 1. The Bertz CT molecular complexity index is 860. The maximum atomic E-state index is 12.9. The van der Waals surface area contributed by atoms with Crippen LogP contribution < -0.4 is 5.56 Å². The van der Waals surface area contributed by atoms with Crippen molar-refractivity contribution in [2.75, 3.05) is 39.3 Å². The van der Waals surface area contributed by atoms with Crippen LogP contribution in [0, 0.1) is 0 Å². The lowest BCUT2D eigenvalue weighted by molar-refractivity contribution is -0.132. The van der Waals surface area contributed by atoms with Crippen LogP contribution in [0.2, 0.25) is 0 Å². The van der Waals surface area contributed by atoms with E-state index in [0.29, 0.717) is 30.6 Å². The summed E-state index contributed by atoms with van der Waals surface area (Å²) in [5.74, 6) is -0.0499. The number of hydrogen-bond acceptors (Lipinski definition) is 5. The summed E-state index contributed by atoms with van der Waals surface area (Å²) >= 11 is 0. The Balaban J connectivity index is 1.45. The molecule has 27 heavy (non-hydrogen) atoms. The van der Waals surface area contributed by atoms with Crippen molar-refractivity contribution in [1.82, 2.24) is 19.4 Å². The Hall–Kier alpha value is -2.25. The molecule has 2 saturated heterocycles. The summed E-state index contributed by atoms with van der Waals surface area (Å²) in [6.07, 6.45) is 4.83. The van der Waals surface area contributed by atoms with Crippen LogP contribution in [0.15, 0.2) is 35.4 Å². The van der Waals surface area contributed by atoms with Crippen molar-refractivity contribution in [2.45, 2.75) is 31.9 Å². The first-order valence-corrected chi connectivity index (χ1v) is 9.76.